The number of rotatable bonds is 5. The van der Waals surface area contributed by atoms with E-state index in [2.05, 4.69) is 32.0 Å². The van der Waals surface area contributed by atoms with Crippen LogP contribution < -0.4 is 5.32 Å². The van der Waals surface area contributed by atoms with Crippen LogP contribution in [0.4, 0.5) is 0 Å². The quantitative estimate of drug-likeness (QED) is 0.675. The Balaban J connectivity index is 2.47. The van der Waals surface area contributed by atoms with Gasteiger partial charge in [-0.25, -0.2) is 0 Å². The third-order valence-corrected chi connectivity index (χ3v) is 3.56. The van der Waals surface area contributed by atoms with Crippen LogP contribution in [0.25, 0.3) is 0 Å². The van der Waals surface area contributed by atoms with Crippen molar-refractivity contribution in [1.29, 1.82) is 0 Å². The van der Waals surface area contributed by atoms with Gasteiger partial charge in [0.15, 0.2) is 0 Å². The van der Waals surface area contributed by atoms with Gasteiger partial charge in [-0.15, -0.1) is 6.42 Å². The van der Waals surface area contributed by atoms with Crippen LogP contribution in [0.15, 0.2) is 0 Å². The standard InChI is InChI=1S/C12H21NO/c1-5-8-13-10-9-11(14-7-3)12(10,4)6-2/h1,10-11,13H,6-9H2,2-4H3. The van der Waals surface area contributed by atoms with Gasteiger partial charge in [-0.1, -0.05) is 19.8 Å². The summed E-state index contributed by atoms with van der Waals surface area (Å²) in [6.07, 6.45) is 7.88. The molecule has 1 fully saturated rings. The van der Waals surface area contributed by atoms with Gasteiger partial charge < -0.3 is 10.1 Å². The first-order valence-electron chi connectivity index (χ1n) is 5.47. The number of hydrogen-bond acceptors (Lipinski definition) is 2. The van der Waals surface area contributed by atoms with Crippen molar-refractivity contribution in [3.63, 3.8) is 0 Å². The monoisotopic (exact) mass is 195 g/mol. The van der Waals surface area contributed by atoms with E-state index in [0.29, 0.717) is 18.7 Å². The van der Waals surface area contributed by atoms with Gasteiger partial charge in [-0.05, 0) is 19.8 Å². The van der Waals surface area contributed by atoms with Crippen molar-refractivity contribution in [2.24, 2.45) is 5.41 Å². The van der Waals surface area contributed by atoms with Gasteiger partial charge in [0.1, 0.15) is 0 Å². The maximum absolute atomic E-state index is 5.70. The molecule has 0 amide bonds. The highest BCUT2D eigenvalue weighted by Gasteiger charge is 2.50. The van der Waals surface area contributed by atoms with Crippen LogP contribution in [0.2, 0.25) is 0 Å². The summed E-state index contributed by atoms with van der Waals surface area (Å²) < 4.78 is 5.70. The molecule has 1 aliphatic carbocycles. The van der Waals surface area contributed by atoms with Crippen LogP contribution in [0.3, 0.4) is 0 Å². The minimum absolute atomic E-state index is 0.271. The lowest BCUT2D eigenvalue weighted by molar-refractivity contribution is -0.124. The topological polar surface area (TPSA) is 21.3 Å². The molecular weight excluding hydrogens is 174 g/mol. The summed E-state index contributed by atoms with van der Waals surface area (Å²) in [5.74, 6) is 2.62. The Kier molecular flexibility index (Phi) is 3.97. The van der Waals surface area contributed by atoms with Crippen LogP contribution >= 0.6 is 0 Å². The Labute approximate surface area is 87.4 Å². The van der Waals surface area contributed by atoms with Gasteiger partial charge in [0.05, 0.1) is 12.6 Å². The first-order valence-corrected chi connectivity index (χ1v) is 5.47. The van der Waals surface area contributed by atoms with Crippen molar-refractivity contribution in [3.05, 3.63) is 0 Å². The highest BCUT2D eigenvalue weighted by atomic mass is 16.5. The van der Waals surface area contributed by atoms with Crippen molar-refractivity contribution in [3.8, 4) is 12.3 Å². The summed E-state index contributed by atoms with van der Waals surface area (Å²) in [6.45, 7) is 8.03. The van der Waals surface area contributed by atoms with E-state index in [9.17, 15) is 0 Å². The van der Waals surface area contributed by atoms with E-state index in [1.807, 2.05) is 0 Å². The molecule has 0 bridgehead atoms. The molecule has 0 aromatic rings. The molecule has 0 aromatic heterocycles. The summed E-state index contributed by atoms with van der Waals surface area (Å²) in [5.41, 5.74) is 0.271. The van der Waals surface area contributed by atoms with E-state index in [4.69, 9.17) is 11.2 Å². The fourth-order valence-electron chi connectivity index (χ4n) is 2.25. The molecule has 0 radical (unpaired) electrons. The second-order valence-corrected chi connectivity index (χ2v) is 4.18. The highest BCUT2D eigenvalue weighted by molar-refractivity contribution is 5.06. The molecule has 14 heavy (non-hydrogen) atoms. The lowest BCUT2D eigenvalue weighted by Crippen LogP contribution is -2.62. The molecule has 1 rings (SSSR count). The minimum atomic E-state index is 0.271. The maximum atomic E-state index is 5.70. The fourth-order valence-corrected chi connectivity index (χ4v) is 2.25. The van der Waals surface area contributed by atoms with Crippen LogP contribution in [0, 0.1) is 17.8 Å². The molecule has 1 saturated carbocycles. The predicted molar refractivity (Wildman–Crippen MR) is 59.1 cm³/mol. The molecule has 0 aromatic carbocycles. The van der Waals surface area contributed by atoms with E-state index in [-0.39, 0.29) is 5.41 Å². The van der Waals surface area contributed by atoms with E-state index < -0.39 is 0 Å². The molecule has 2 nitrogen and oxygen atoms in total. The Morgan fingerprint density at radius 3 is 2.79 bits per heavy atom. The molecule has 1 aliphatic rings. The Bertz CT molecular complexity index is 221. The zero-order chi connectivity index (χ0) is 10.6. The van der Waals surface area contributed by atoms with E-state index in [1.165, 1.54) is 0 Å². The highest BCUT2D eigenvalue weighted by Crippen LogP contribution is 2.45. The Hall–Kier alpha value is -0.520. The van der Waals surface area contributed by atoms with Crippen molar-refractivity contribution in [1.82, 2.24) is 5.32 Å². The number of ether oxygens (including phenoxy) is 1. The Morgan fingerprint density at radius 2 is 2.29 bits per heavy atom. The average Bonchev–Trinajstić information content (AvgIpc) is 2.21. The molecular formula is C12H21NO. The normalized spacial score (nSPS) is 36.1. The molecule has 2 heteroatoms. The van der Waals surface area contributed by atoms with Crippen LogP contribution in [0.1, 0.15) is 33.6 Å². The molecule has 0 aliphatic heterocycles. The summed E-state index contributed by atoms with van der Waals surface area (Å²) in [5, 5.41) is 3.38. The average molecular weight is 195 g/mol. The molecule has 0 saturated heterocycles. The van der Waals surface area contributed by atoms with Crippen LogP contribution in [-0.2, 0) is 4.74 Å². The zero-order valence-electron chi connectivity index (χ0n) is 9.47. The van der Waals surface area contributed by atoms with Gasteiger partial charge in [0.2, 0.25) is 0 Å². The van der Waals surface area contributed by atoms with E-state index in [0.717, 1.165) is 19.4 Å². The Morgan fingerprint density at radius 1 is 1.57 bits per heavy atom. The maximum Gasteiger partial charge on any atom is 0.0658 e. The third-order valence-electron chi connectivity index (χ3n) is 3.56. The summed E-state index contributed by atoms with van der Waals surface area (Å²) >= 11 is 0. The van der Waals surface area contributed by atoms with Crippen molar-refractivity contribution in [2.75, 3.05) is 13.2 Å². The summed E-state index contributed by atoms with van der Waals surface area (Å²) in [4.78, 5) is 0. The third kappa shape index (κ3) is 1.94. The molecule has 0 spiro atoms. The van der Waals surface area contributed by atoms with Crippen molar-refractivity contribution < 1.29 is 4.74 Å². The summed E-state index contributed by atoms with van der Waals surface area (Å²) in [7, 11) is 0. The van der Waals surface area contributed by atoms with Gasteiger partial charge in [0, 0.05) is 18.1 Å². The number of nitrogens with one attached hydrogen (secondary N) is 1. The van der Waals surface area contributed by atoms with E-state index in [1.54, 1.807) is 0 Å². The predicted octanol–water partition coefficient (Wildman–Crippen LogP) is 1.80. The minimum Gasteiger partial charge on any atom is -0.378 e. The van der Waals surface area contributed by atoms with Gasteiger partial charge in [0.25, 0.3) is 0 Å². The zero-order valence-corrected chi connectivity index (χ0v) is 9.47. The molecule has 1 N–H and O–H groups in total. The summed E-state index contributed by atoms with van der Waals surface area (Å²) in [6, 6.07) is 0.528. The van der Waals surface area contributed by atoms with E-state index >= 15 is 0 Å². The van der Waals surface area contributed by atoms with Crippen molar-refractivity contribution in [2.45, 2.75) is 45.8 Å². The number of hydrogen-bond donors (Lipinski definition) is 1. The van der Waals surface area contributed by atoms with Crippen LogP contribution in [0.5, 0.6) is 0 Å². The number of terminal acetylenes is 1. The lowest BCUT2D eigenvalue weighted by atomic mass is 9.61. The van der Waals surface area contributed by atoms with Gasteiger partial charge >= 0.3 is 0 Å². The van der Waals surface area contributed by atoms with Crippen molar-refractivity contribution >= 4 is 0 Å². The molecule has 3 unspecified atom stereocenters. The largest absolute Gasteiger partial charge is 0.378 e. The fraction of sp³-hybridized carbons (Fsp3) is 0.833. The van der Waals surface area contributed by atoms with Gasteiger partial charge in [-0.3, -0.25) is 0 Å². The smallest absolute Gasteiger partial charge is 0.0658 e. The second kappa shape index (κ2) is 4.82. The molecule has 0 heterocycles. The lowest BCUT2D eigenvalue weighted by Gasteiger charge is -2.53. The van der Waals surface area contributed by atoms with Gasteiger partial charge in [-0.2, -0.15) is 0 Å². The molecule has 80 valence electrons. The first kappa shape index (κ1) is 11.6. The van der Waals surface area contributed by atoms with Crippen LogP contribution in [-0.4, -0.2) is 25.3 Å². The molecule has 3 atom stereocenters. The first-order chi connectivity index (χ1) is 6.69. The SMILES string of the molecule is C#CCNC1CC(OCC)C1(C)CC. The second-order valence-electron chi connectivity index (χ2n) is 4.18.